The lowest BCUT2D eigenvalue weighted by Crippen LogP contribution is -2.56. The third-order valence-electron chi connectivity index (χ3n) is 6.49. The molecular weight excluding hydrogens is 408 g/mol. The van der Waals surface area contributed by atoms with E-state index in [1.807, 2.05) is 13.0 Å². The number of phenols is 1. The second-order valence-electron chi connectivity index (χ2n) is 8.36. The second kappa shape index (κ2) is 8.74. The van der Waals surface area contributed by atoms with Crippen LogP contribution < -0.4 is 10.2 Å². The van der Waals surface area contributed by atoms with E-state index in [9.17, 15) is 19.5 Å². The molecule has 0 aromatic heterocycles. The van der Waals surface area contributed by atoms with Gasteiger partial charge >= 0.3 is 5.97 Å². The van der Waals surface area contributed by atoms with Crippen LogP contribution in [0.25, 0.3) is 0 Å². The molecular formula is C25H28N2O5. The first-order valence-electron chi connectivity index (χ1n) is 11.1. The fourth-order valence-electron chi connectivity index (χ4n) is 5.04. The van der Waals surface area contributed by atoms with Gasteiger partial charge in [-0.1, -0.05) is 50.1 Å². The van der Waals surface area contributed by atoms with E-state index < -0.39 is 29.4 Å². The maximum Gasteiger partial charge on any atom is 0.327 e. The van der Waals surface area contributed by atoms with Crippen LogP contribution in [0.2, 0.25) is 0 Å². The molecule has 7 heteroatoms. The topological polar surface area (TPSA) is 95.9 Å². The summed E-state index contributed by atoms with van der Waals surface area (Å²) in [6, 6.07) is 14.8. The van der Waals surface area contributed by atoms with Crippen LogP contribution in [-0.2, 0) is 19.1 Å². The lowest BCUT2D eigenvalue weighted by molar-refractivity contribution is -0.155. The molecule has 0 bridgehead atoms. The van der Waals surface area contributed by atoms with E-state index in [0.29, 0.717) is 18.5 Å². The van der Waals surface area contributed by atoms with Gasteiger partial charge in [-0.2, -0.15) is 0 Å². The van der Waals surface area contributed by atoms with Gasteiger partial charge in [0.25, 0.3) is 0 Å². The highest BCUT2D eigenvalue weighted by molar-refractivity contribution is 6.24. The molecule has 2 aliphatic rings. The van der Waals surface area contributed by atoms with Gasteiger partial charge in [0.1, 0.15) is 11.3 Å². The van der Waals surface area contributed by atoms with Crippen LogP contribution in [-0.4, -0.2) is 35.0 Å². The smallest absolute Gasteiger partial charge is 0.327 e. The summed E-state index contributed by atoms with van der Waals surface area (Å²) >= 11 is 0. The van der Waals surface area contributed by atoms with Crippen LogP contribution in [0.15, 0.2) is 54.6 Å². The number of imide groups is 1. The number of nitrogens with zero attached hydrogens (tertiary/aromatic N) is 1. The Morgan fingerprint density at radius 2 is 1.75 bits per heavy atom. The molecule has 2 fully saturated rings. The minimum Gasteiger partial charge on any atom is -0.508 e. The third-order valence-corrected chi connectivity index (χ3v) is 6.49. The van der Waals surface area contributed by atoms with Crippen LogP contribution in [0, 0.1) is 11.8 Å². The number of carbonyl (C=O) groups excluding carboxylic acids is 3. The number of hydrogen-bond donors (Lipinski definition) is 2. The van der Waals surface area contributed by atoms with Gasteiger partial charge in [-0.15, -0.1) is 0 Å². The zero-order valence-electron chi connectivity index (χ0n) is 18.3. The minimum absolute atomic E-state index is 0.102. The molecule has 2 aliphatic heterocycles. The molecule has 7 nitrogen and oxygen atoms in total. The molecule has 0 spiro atoms. The van der Waals surface area contributed by atoms with Crippen LogP contribution in [0.4, 0.5) is 5.69 Å². The third kappa shape index (κ3) is 3.46. The van der Waals surface area contributed by atoms with Crippen molar-refractivity contribution in [2.75, 3.05) is 11.5 Å². The minimum atomic E-state index is -1.30. The number of anilines is 1. The molecule has 2 amide bonds. The molecule has 2 N–H and O–H groups in total. The Morgan fingerprint density at radius 1 is 1.06 bits per heavy atom. The number of para-hydroxylation sites is 1. The number of unbranched alkanes of at least 4 members (excludes halogenated alkanes) is 1. The van der Waals surface area contributed by atoms with Crippen molar-refractivity contribution < 1.29 is 24.2 Å². The summed E-state index contributed by atoms with van der Waals surface area (Å²) in [7, 11) is 0. The molecule has 0 aliphatic carbocycles. The molecule has 2 heterocycles. The van der Waals surface area contributed by atoms with Gasteiger partial charge in [-0.05, 0) is 43.2 Å². The van der Waals surface area contributed by atoms with Crippen LogP contribution in [0.3, 0.4) is 0 Å². The Bertz CT molecular complexity index is 1010. The molecule has 0 saturated carbocycles. The predicted octanol–water partition coefficient (Wildman–Crippen LogP) is 3.33. The van der Waals surface area contributed by atoms with Gasteiger partial charge in [0, 0.05) is 6.04 Å². The number of rotatable bonds is 7. The largest absolute Gasteiger partial charge is 0.508 e. The lowest BCUT2D eigenvalue weighted by atomic mass is 9.76. The first-order valence-corrected chi connectivity index (χ1v) is 11.1. The van der Waals surface area contributed by atoms with Crippen molar-refractivity contribution in [2.24, 2.45) is 11.8 Å². The Balaban J connectivity index is 1.85. The average Bonchev–Trinajstić information content (AvgIpc) is 3.28. The van der Waals surface area contributed by atoms with Crippen molar-refractivity contribution in [2.45, 2.75) is 44.7 Å². The monoisotopic (exact) mass is 436 g/mol. The normalized spacial score (nSPS) is 26.9. The number of amides is 2. The van der Waals surface area contributed by atoms with Crippen molar-refractivity contribution in [3.8, 4) is 5.75 Å². The second-order valence-corrected chi connectivity index (χ2v) is 8.36. The summed E-state index contributed by atoms with van der Waals surface area (Å²) in [5.74, 6) is -2.75. The van der Waals surface area contributed by atoms with Crippen molar-refractivity contribution >= 4 is 23.5 Å². The first-order chi connectivity index (χ1) is 15.4. The number of hydrogen-bond acceptors (Lipinski definition) is 6. The highest BCUT2D eigenvalue weighted by Gasteiger charge is 2.68. The van der Waals surface area contributed by atoms with E-state index in [1.54, 1.807) is 55.5 Å². The molecule has 4 rings (SSSR count). The molecule has 0 radical (unpaired) electrons. The van der Waals surface area contributed by atoms with E-state index in [2.05, 4.69) is 5.32 Å². The van der Waals surface area contributed by atoms with E-state index in [1.165, 1.54) is 4.90 Å². The fraction of sp³-hybridized carbons (Fsp3) is 0.400. The molecule has 168 valence electrons. The highest BCUT2D eigenvalue weighted by atomic mass is 16.5. The number of aromatic hydroxyl groups is 1. The van der Waals surface area contributed by atoms with Gasteiger partial charge < -0.3 is 9.84 Å². The summed E-state index contributed by atoms with van der Waals surface area (Å²) in [4.78, 5) is 41.9. The SMILES string of the molecule is CCCC[C@@]1(C(=O)OCC)N[C@@H](c2ccc(O)cc2)[C@H]2C(=O)N(c3ccccc3)C(=O)[C@H]21. The van der Waals surface area contributed by atoms with Gasteiger partial charge in [0.05, 0.1) is 24.1 Å². The Morgan fingerprint density at radius 3 is 2.38 bits per heavy atom. The van der Waals surface area contributed by atoms with Crippen LogP contribution in [0.5, 0.6) is 5.75 Å². The van der Waals surface area contributed by atoms with E-state index >= 15 is 0 Å². The quantitative estimate of drug-likeness (QED) is 0.511. The van der Waals surface area contributed by atoms with E-state index in [-0.39, 0.29) is 24.2 Å². The van der Waals surface area contributed by atoms with Crippen molar-refractivity contribution in [3.05, 3.63) is 60.2 Å². The molecule has 2 saturated heterocycles. The standard InChI is InChI=1S/C25H28N2O5/c1-3-5-15-25(24(31)32-4-2)20-19(21(26-25)16-11-13-18(28)14-12-16)22(29)27(23(20)30)17-9-7-6-8-10-17/h6-14,19-21,26,28H,3-5,15H2,1-2H3/t19-,20-,21-,25+/m0/s1. The number of ether oxygens (including phenoxy) is 1. The number of benzene rings is 2. The summed E-state index contributed by atoms with van der Waals surface area (Å²) in [6.45, 7) is 3.92. The van der Waals surface area contributed by atoms with E-state index in [4.69, 9.17) is 4.74 Å². The summed E-state index contributed by atoms with van der Waals surface area (Å²) in [6.07, 6.45) is 1.92. The molecule has 2 aromatic carbocycles. The number of esters is 1. The van der Waals surface area contributed by atoms with Crippen molar-refractivity contribution in [1.82, 2.24) is 5.32 Å². The van der Waals surface area contributed by atoms with Gasteiger partial charge in [0.15, 0.2) is 0 Å². The zero-order chi connectivity index (χ0) is 22.9. The number of nitrogens with one attached hydrogen (secondary N) is 1. The fourth-order valence-corrected chi connectivity index (χ4v) is 5.04. The maximum absolute atomic E-state index is 13.7. The van der Waals surface area contributed by atoms with Crippen LogP contribution in [0.1, 0.15) is 44.7 Å². The predicted molar refractivity (Wildman–Crippen MR) is 119 cm³/mol. The number of fused-ring (bicyclic) bond motifs is 1. The number of carbonyl (C=O) groups is 3. The van der Waals surface area contributed by atoms with E-state index in [0.717, 1.165) is 12.0 Å². The molecule has 0 unspecified atom stereocenters. The lowest BCUT2D eigenvalue weighted by Gasteiger charge is -2.33. The Labute approximate surface area is 187 Å². The van der Waals surface area contributed by atoms with Gasteiger partial charge in [-0.25, -0.2) is 4.90 Å². The van der Waals surface area contributed by atoms with Crippen molar-refractivity contribution in [3.63, 3.8) is 0 Å². The zero-order valence-corrected chi connectivity index (χ0v) is 18.3. The first kappa shape index (κ1) is 22.0. The summed E-state index contributed by atoms with van der Waals surface area (Å²) in [5, 5.41) is 13.1. The molecule has 32 heavy (non-hydrogen) atoms. The Hall–Kier alpha value is -3.19. The van der Waals surface area contributed by atoms with Gasteiger partial charge in [-0.3, -0.25) is 19.7 Å². The number of phenolic OH excluding ortho intramolecular Hbond substituents is 1. The van der Waals surface area contributed by atoms with Crippen LogP contribution >= 0.6 is 0 Å². The molecule has 2 aromatic rings. The summed E-state index contributed by atoms with van der Waals surface area (Å²) < 4.78 is 5.44. The highest BCUT2D eigenvalue weighted by Crippen LogP contribution is 2.51. The average molecular weight is 437 g/mol. The summed E-state index contributed by atoms with van der Waals surface area (Å²) in [5.41, 5.74) is -0.0682. The molecule has 4 atom stereocenters. The van der Waals surface area contributed by atoms with Crippen molar-refractivity contribution in [1.29, 1.82) is 0 Å². The Kier molecular flexibility index (Phi) is 6.02. The maximum atomic E-state index is 13.7. The van der Waals surface area contributed by atoms with Gasteiger partial charge in [0.2, 0.25) is 11.8 Å².